The van der Waals surface area contributed by atoms with Crippen LogP contribution in [0, 0.1) is 0 Å². The van der Waals surface area contributed by atoms with Crippen LogP contribution in [0.5, 0.6) is 0 Å². The molecule has 0 radical (unpaired) electrons. The highest BCUT2D eigenvalue weighted by molar-refractivity contribution is 5.71. The van der Waals surface area contributed by atoms with Gasteiger partial charge in [0.25, 0.3) is 0 Å². The summed E-state index contributed by atoms with van der Waals surface area (Å²) in [5.41, 5.74) is 0. The molecule has 0 aromatic rings. The molecule has 6 nitrogen and oxygen atoms in total. The molecule has 0 bridgehead atoms. The number of carbonyl (C=O) groups excluding carboxylic acids is 3. The van der Waals surface area contributed by atoms with Gasteiger partial charge in [-0.05, 0) is 57.8 Å². The van der Waals surface area contributed by atoms with E-state index in [1.807, 2.05) is 12.2 Å². The van der Waals surface area contributed by atoms with Gasteiger partial charge in [0.2, 0.25) is 0 Å². The lowest BCUT2D eigenvalue weighted by Gasteiger charge is -2.18. The van der Waals surface area contributed by atoms with Crippen molar-refractivity contribution in [3.05, 3.63) is 72.9 Å². The number of hydrogen-bond donors (Lipinski definition) is 0. The molecule has 350 valence electrons. The first-order valence-electron chi connectivity index (χ1n) is 25.4. The average Bonchev–Trinajstić information content (AvgIpc) is 3.26. The number of unbranched alkanes of at least 4 members (excludes halogenated alkanes) is 22. The van der Waals surface area contributed by atoms with Gasteiger partial charge in [0, 0.05) is 19.3 Å². The maximum atomic E-state index is 12.8. The molecule has 0 atom stereocenters. The van der Waals surface area contributed by atoms with Crippen molar-refractivity contribution in [2.45, 2.75) is 245 Å². The molecule has 0 amide bonds. The van der Waals surface area contributed by atoms with Gasteiger partial charge in [-0.2, -0.15) is 0 Å². The van der Waals surface area contributed by atoms with Crippen LogP contribution < -0.4 is 0 Å². The van der Waals surface area contributed by atoms with Crippen LogP contribution in [0.15, 0.2) is 72.9 Å². The Balaban J connectivity index is 4.49. The van der Waals surface area contributed by atoms with E-state index in [-0.39, 0.29) is 31.6 Å². The topological polar surface area (TPSA) is 78.9 Å². The normalized spacial score (nSPS) is 12.2. The standard InChI is InChI=1S/C55H94O6/c1-4-7-10-13-16-19-22-25-26-27-28-29-30-31-34-37-40-43-46-49-55(58)61-52(50-59-53(56)47-44-41-38-35-32-23-20-17-14-11-8-5-2)51-60-54(57)48-45-42-39-36-33-24-21-18-15-12-9-6-3/h7,10,16,19,25-26,28-29,31,34,40,43,52H,4-6,8-9,11-15,17-18,20-24,27,30,32-33,35-39,41-42,44-51H2,1-3H3/b10-7-,19-16-,26-25-,29-28-,34-31-,43-40-. The second-order valence-electron chi connectivity index (χ2n) is 16.7. The molecule has 0 spiro atoms. The zero-order valence-corrected chi connectivity index (χ0v) is 39.9. The minimum atomic E-state index is -0.811. The van der Waals surface area contributed by atoms with Gasteiger partial charge in [-0.25, -0.2) is 0 Å². The van der Waals surface area contributed by atoms with Crippen LogP contribution in [0.2, 0.25) is 0 Å². The van der Waals surface area contributed by atoms with Crippen molar-refractivity contribution in [1.29, 1.82) is 0 Å². The summed E-state index contributed by atoms with van der Waals surface area (Å²) in [6.07, 6.45) is 61.8. The molecule has 0 aliphatic carbocycles. The Morgan fingerprint density at radius 1 is 0.344 bits per heavy atom. The van der Waals surface area contributed by atoms with Gasteiger partial charge in [-0.3, -0.25) is 14.4 Å². The minimum absolute atomic E-state index is 0.103. The van der Waals surface area contributed by atoms with Crippen LogP contribution in [0.1, 0.15) is 239 Å². The minimum Gasteiger partial charge on any atom is -0.462 e. The van der Waals surface area contributed by atoms with Gasteiger partial charge in [0.15, 0.2) is 6.10 Å². The summed E-state index contributed by atoms with van der Waals surface area (Å²) in [4.78, 5) is 37.9. The van der Waals surface area contributed by atoms with E-state index in [4.69, 9.17) is 14.2 Å². The molecule has 0 unspecified atom stereocenters. The number of hydrogen-bond acceptors (Lipinski definition) is 6. The monoisotopic (exact) mass is 851 g/mol. The lowest BCUT2D eigenvalue weighted by Crippen LogP contribution is -2.30. The Morgan fingerprint density at radius 2 is 0.639 bits per heavy atom. The van der Waals surface area contributed by atoms with E-state index in [9.17, 15) is 14.4 Å². The van der Waals surface area contributed by atoms with Gasteiger partial charge < -0.3 is 14.2 Å². The Kier molecular flexibility index (Phi) is 46.9. The SMILES string of the molecule is CC/C=C\C/C=C\C/C=C\C/C=C\C/C=C\C/C=C\CCC(=O)OC(COC(=O)CCCCCCCCCCCCCC)COC(=O)CCCCCCCCCCCCCC. The first-order valence-corrected chi connectivity index (χ1v) is 25.4. The van der Waals surface area contributed by atoms with E-state index in [1.54, 1.807) is 0 Å². The quantitative estimate of drug-likeness (QED) is 0.0263. The summed E-state index contributed by atoms with van der Waals surface area (Å²) < 4.78 is 16.7. The average molecular weight is 851 g/mol. The summed E-state index contributed by atoms with van der Waals surface area (Å²) in [6.45, 7) is 6.46. The Hall–Kier alpha value is -3.15. The van der Waals surface area contributed by atoms with Crippen LogP contribution >= 0.6 is 0 Å². The van der Waals surface area contributed by atoms with Gasteiger partial charge in [0.1, 0.15) is 13.2 Å². The zero-order valence-electron chi connectivity index (χ0n) is 39.9. The third-order valence-corrected chi connectivity index (χ3v) is 10.7. The first kappa shape index (κ1) is 57.9. The summed E-state index contributed by atoms with van der Waals surface area (Å²) in [5, 5.41) is 0. The predicted molar refractivity (Wildman–Crippen MR) is 261 cm³/mol. The number of carbonyl (C=O) groups is 3. The maximum absolute atomic E-state index is 12.8. The molecule has 0 saturated carbocycles. The molecule has 0 aromatic carbocycles. The molecule has 0 saturated heterocycles. The smallest absolute Gasteiger partial charge is 0.306 e. The van der Waals surface area contributed by atoms with E-state index in [0.29, 0.717) is 19.3 Å². The Bertz CT molecular complexity index is 1120. The van der Waals surface area contributed by atoms with Crippen LogP contribution in [-0.4, -0.2) is 37.2 Å². The van der Waals surface area contributed by atoms with Crippen molar-refractivity contribution >= 4 is 17.9 Å². The van der Waals surface area contributed by atoms with Crippen molar-refractivity contribution in [3.63, 3.8) is 0 Å². The fourth-order valence-corrected chi connectivity index (χ4v) is 6.94. The zero-order chi connectivity index (χ0) is 44.4. The summed E-state index contributed by atoms with van der Waals surface area (Å²) >= 11 is 0. The number of allylic oxidation sites excluding steroid dienone is 12. The van der Waals surface area contributed by atoms with Gasteiger partial charge in [-0.15, -0.1) is 0 Å². The third kappa shape index (κ3) is 47.7. The van der Waals surface area contributed by atoms with Crippen LogP contribution in [-0.2, 0) is 28.6 Å². The highest BCUT2D eigenvalue weighted by Crippen LogP contribution is 2.15. The molecule has 0 rings (SSSR count). The number of ether oxygens (including phenoxy) is 3. The van der Waals surface area contributed by atoms with Gasteiger partial charge in [-0.1, -0.05) is 235 Å². The number of esters is 3. The molecule has 0 aromatic heterocycles. The van der Waals surface area contributed by atoms with E-state index >= 15 is 0 Å². The largest absolute Gasteiger partial charge is 0.462 e. The summed E-state index contributed by atoms with van der Waals surface area (Å²) in [5.74, 6) is -0.985. The predicted octanol–water partition coefficient (Wildman–Crippen LogP) is 16.6. The molecular formula is C55H94O6. The van der Waals surface area contributed by atoms with Gasteiger partial charge in [0.05, 0.1) is 0 Å². The molecule has 0 fully saturated rings. The van der Waals surface area contributed by atoms with Crippen LogP contribution in [0.4, 0.5) is 0 Å². The first-order chi connectivity index (χ1) is 30.0. The van der Waals surface area contributed by atoms with Crippen molar-refractivity contribution in [2.24, 2.45) is 0 Å². The van der Waals surface area contributed by atoms with Crippen molar-refractivity contribution in [3.8, 4) is 0 Å². The lowest BCUT2D eigenvalue weighted by molar-refractivity contribution is -0.166. The molecule has 0 N–H and O–H groups in total. The molecule has 61 heavy (non-hydrogen) atoms. The maximum Gasteiger partial charge on any atom is 0.306 e. The Morgan fingerprint density at radius 3 is 0.967 bits per heavy atom. The van der Waals surface area contributed by atoms with Crippen molar-refractivity contribution in [2.75, 3.05) is 13.2 Å². The lowest BCUT2D eigenvalue weighted by atomic mass is 10.0. The van der Waals surface area contributed by atoms with Crippen molar-refractivity contribution < 1.29 is 28.6 Å². The summed E-state index contributed by atoms with van der Waals surface area (Å²) in [6, 6.07) is 0. The third-order valence-electron chi connectivity index (χ3n) is 10.7. The van der Waals surface area contributed by atoms with Gasteiger partial charge >= 0.3 is 17.9 Å². The van der Waals surface area contributed by atoms with Crippen molar-refractivity contribution in [1.82, 2.24) is 0 Å². The molecule has 0 aliphatic heterocycles. The highest BCUT2D eigenvalue weighted by Gasteiger charge is 2.19. The summed E-state index contributed by atoms with van der Waals surface area (Å²) in [7, 11) is 0. The van der Waals surface area contributed by atoms with E-state index in [1.165, 1.54) is 116 Å². The van der Waals surface area contributed by atoms with E-state index in [0.717, 1.165) is 77.0 Å². The second kappa shape index (κ2) is 49.5. The Labute approximate surface area is 376 Å². The van der Waals surface area contributed by atoms with Crippen LogP contribution in [0.25, 0.3) is 0 Å². The van der Waals surface area contributed by atoms with Crippen LogP contribution in [0.3, 0.4) is 0 Å². The van der Waals surface area contributed by atoms with E-state index < -0.39 is 12.1 Å². The molecule has 0 heterocycles. The van der Waals surface area contributed by atoms with E-state index in [2.05, 4.69) is 81.5 Å². The number of rotatable bonds is 45. The molecular weight excluding hydrogens is 757 g/mol. The second-order valence-corrected chi connectivity index (χ2v) is 16.7. The highest BCUT2D eigenvalue weighted by atomic mass is 16.6. The molecule has 0 aliphatic rings. The molecule has 6 heteroatoms. The fraction of sp³-hybridized carbons (Fsp3) is 0.727. The fourth-order valence-electron chi connectivity index (χ4n) is 6.94.